The summed E-state index contributed by atoms with van der Waals surface area (Å²) in [5.74, 6) is -0.482. The van der Waals surface area contributed by atoms with Crippen molar-refractivity contribution in [2.24, 2.45) is 7.05 Å². The Hall–Kier alpha value is -2.01. The molecule has 0 unspecified atom stereocenters. The van der Waals surface area contributed by atoms with E-state index in [1.807, 2.05) is 0 Å². The molecule has 0 atom stereocenters. The second-order valence-electron chi connectivity index (χ2n) is 3.68. The van der Waals surface area contributed by atoms with E-state index in [1.54, 1.807) is 25.2 Å². The summed E-state index contributed by atoms with van der Waals surface area (Å²) < 4.78 is 6.56. The molecule has 1 N–H and O–H groups in total. The predicted octanol–water partition coefficient (Wildman–Crippen LogP) is 2.45. The monoisotopic (exact) mass is 266 g/mol. The number of carbonyl (C=O) groups is 1. The molecular formula is C12H11ClN2O3. The van der Waals surface area contributed by atoms with E-state index in [0.717, 1.165) is 0 Å². The molecule has 0 aliphatic rings. The SMILES string of the molecule is COc1ccc(-c2c(C(=O)O)cnn2C)cc1Cl. The Morgan fingerprint density at radius 3 is 2.78 bits per heavy atom. The minimum atomic E-state index is -1.02. The molecular weight excluding hydrogens is 256 g/mol. The van der Waals surface area contributed by atoms with E-state index in [-0.39, 0.29) is 5.56 Å². The van der Waals surface area contributed by atoms with Crippen LogP contribution in [0.1, 0.15) is 10.4 Å². The highest BCUT2D eigenvalue weighted by molar-refractivity contribution is 6.32. The van der Waals surface area contributed by atoms with Crippen LogP contribution in [-0.2, 0) is 7.05 Å². The van der Waals surface area contributed by atoms with Crippen LogP contribution in [0.2, 0.25) is 5.02 Å². The van der Waals surface area contributed by atoms with Gasteiger partial charge in [0.1, 0.15) is 11.3 Å². The molecule has 1 heterocycles. The van der Waals surface area contributed by atoms with Gasteiger partial charge in [-0.15, -0.1) is 0 Å². The number of aromatic carboxylic acids is 1. The van der Waals surface area contributed by atoms with Gasteiger partial charge in [0.2, 0.25) is 0 Å². The van der Waals surface area contributed by atoms with Crippen LogP contribution in [0.25, 0.3) is 11.3 Å². The minimum absolute atomic E-state index is 0.138. The number of carboxylic acid groups (broad SMARTS) is 1. The first kappa shape index (κ1) is 12.4. The molecule has 6 heteroatoms. The van der Waals surface area contributed by atoms with Crippen LogP contribution in [0.5, 0.6) is 5.75 Å². The van der Waals surface area contributed by atoms with Crippen molar-refractivity contribution in [2.45, 2.75) is 0 Å². The third-order valence-electron chi connectivity index (χ3n) is 2.59. The third-order valence-corrected chi connectivity index (χ3v) is 2.89. The predicted molar refractivity (Wildman–Crippen MR) is 67.2 cm³/mol. The van der Waals surface area contributed by atoms with E-state index in [4.69, 9.17) is 21.4 Å². The molecule has 0 bridgehead atoms. The quantitative estimate of drug-likeness (QED) is 0.927. The molecule has 0 saturated heterocycles. The highest BCUT2D eigenvalue weighted by Crippen LogP contribution is 2.31. The second-order valence-corrected chi connectivity index (χ2v) is 4.09. The van der Waals surface area contributed by atoms with Crippen molar-refractivity contribution in [2.75, 3.05) is 7.11 Å². The maximum absolute atomic E-state index is 11.1. The summed E-state index contributed by atoms with van der Waals surface area (Å²) >= 11 is 6.03. The van der Waals surface area contributed by atoms with Crippen LogP contribution in [-0.4, -0.2) is 28.0 Å². The van der Waals surface area contributed by atoms with Gasteiger partial charge in [-0.3, -0.25) is 4.68 Å². The van der Waals surface area contributed by atoms with Gasteiger partial charge in [0.25, 0.3) is 0 Å². The first-order chi connectivity index (χ1) is 8.54. The molecule has 2 aromatic rings. The van der Waals surface area contributed by atoms with Crippen LogP contribution in [0, 0.1) is 0 Å². The molecule has 1 aromatic carbocycles. The number of methoxy groups -OCH3 is 1. The number of aryl methyl sites for hydroxylation is 1. The highest BCUT2D eigenvalue weighted by atomic mass is 35.5. The Bertz CT molecular complexity index is 607. The number of rotatable bonds is 3. The lowest BCUT2D eigenvalue weighted by Crippen LogP contribution is -2.00. The van der Waals surface area contributed by atoms with Gasteiger partial charge in [0.05, 0.1) is 24.0 Å². The lowest BCUT2D eigenvalue weighted by atomic mass is 10.1. The van der Waals surface area contributed by atoms with Gasteiger partial charge in [0, 0.05) is 12.6 Å². The first-order valence-corrected chi connectivity index (χ1v) is 5.51. The zero-order valence-electron chi connectivity index (χ0n) is 9.85. The molecule has 0 saturated carbocycles. The van der Waals surface area contributed by atoms with Crippen molar-refractivity contribution in [1.82, 2.24) is 9.78 Å². The molecule has 5 nitrogen and oxygen atoms in total. The molecule has 0 fully saturated rings. The Morgan fingerprint density at radius 2 is 2.22 bits per heavy atom. The maximum atomic E-state index is 11.1. The van der Waals surface area contributed by atoms with Gasteiger partial charge < -0.3 is 9.84 Å². The molecule has 2 rings (SSSR count). The Labute approximate surface area is 109 Å². The van der Waals surface area contributed by atoms with Crippen molar-refractivity contribution < 1.29 is 14.6 Å². The first-order valence-electron chi connectivity index (χ1n) is 5.13. The molecule has 94 valence electrons. The number of ether oxygens (including phenoxy) is 1. The van der Waals surface area contributed by atoms with Crippen molar-refractivity contribution in [3.63, 3.8) is 0 Å². The minimum Gasteiger partial charge on any atom is -0.495 e. The van der Waals surface area contributed by atoms with Crippen LogP contribution >= 0.6 is 11.6 Å². The van der Waals surface area contributed by atoms with Crippen molar-refractivity contribution in [3.05, 3.63) is 35.0 Å². The Kier molecular flexibility index (Phi) is 3.25. The fourth-order valence-corrected chi connectivity index (χ4v) is 2.01. The lowest BCUT2D eigenvalue weighted by Gasteiger charge is -2.07. The van der Waals surface area contributed by atoms with Crippen LogP contribution in [0.4, 0.5) is 0 Å². The second kappa shape index (κ2) is 4.70. The van der Waals surface area contributed by atoms with E-state index < -0.39 is 5.97 Å². The topological polar surface area (TPSA) is 64.3 Å². The van der Waals surface area contributed by atoms with Crippen LogP contribution in [0.3, 0.4) is 0 Å². The van der Waals surface area contributed by atoms with E-state index >= 15 is 0 Å². The molecule has 0 aliphatic carbocycles. The average Bonchev–Trinajstić information content (AvgIpc) is 2.71. The lowest BCUT2D eigenvalue weighted by molar-refractivity contribution is 0.0697. The smallest absolute Gasteiger partial charge is 0.339 e. The summed E-state index contributed by atoms with van der Waals surface area (Å²) in [5.41, 5.74) is 1.32. The van der Waals surface area contributed by atoms with Crippen molar-refractivity contribution >= 4 is 17.6 Å². The summed E-state index contributed by atoms with van der Waals surface area (Å²) in [6, 6.07) is 5.09. The molecule has 0 aliphatic heterocycles. The summed E-state index contributed by atoms with van der Waals surface area (Å²) in [6.07, 6.45) is 1.32. The van der Waals surface area contributed by atoms with Crippen molar-refractivity contribution in [3.8, 4) is 17.0 Å². The standard InChI is InChI=1S/C12H11ClN2O3/c1-15-11(8(6-14-15)12(16)17)7-3-4-10(18-2)9(13)5-7/h3-6H,1-2H3,(H,16,17). The number of aromatic nitrogens is 2. The number of halogens is 1. The van der Waals surface area contributed by atoms with Gasteiger partial charge in [-0.25, -0.2) is 4.79 Å². The van der Waals surface area contributed by atoms with Gasteiger partial charge in [0.15, 0.2) is 0 Å². The number of hydrogen-bond acceptors (Lipinski definition) is 3. The van der Waals surface area contributed by atoms with Gasteiger partial charge in [-0.05, 0) is 18.2 Å². The van der Waals surface area contributed by atoms with E-state index in [1.165, 1.54) is 18.0 Å². The summed E-state index contributed by atoms with van der Waals surface area (Å²) in [4.78, 5) is 11.1. The molecule has 0 radical (unpaired) electrons. The van der Waals surface area contributed by atoms with Crippen molar-refractivity contribution in [1.29, 1.82) is 0 Å². The van der Waals surface area contributed by atoms with Gasteiger partial charge in [-0.1, -0.05) is 11.6 Å². The third kappa shape index (κ3) is 2.04. The molecule has 0 spiro atoms. The largest absolute Gasteiger partial charge is 0.495 e. The van der Waals surface area contributed by atoms with Crippen LogP contribution in [0.15, 0.2) is 24.4 Å². The molecule has 0 amide bonds. The normalized spacial score (nSPS) is 10.4. The number of nitrogens with zero attached hydrogens (tertiary/aromatic N) is 2. The van der Waals surface area contributed by atoms with Crippen LogP contribution < -0.4 is 4.74 Å². The average molecular weight is 267 g/mol. The fourth-order valence-electron chi connectivity index (χ4n) is 1.75. The zero-order valence-corrected chi connectivity index (χ0v) is 10.6. The summed E-state index contributed by atoms with van der Waals surface area (Å²) in [7, 11) is 3.20. The maximum Gasteiger partial charge on any atom is 0.339 e. The number of carboxylic acids is 1. The summed E-state index contributed by atoms with van der Waals surface area (Å²) in [5, 5.41) is 13.5. The van der Waals surface area contributed by atoms with Gasteiger partial charge in [-0.2, -0.15) is 5.10 Å². The summed E-state index contributed by atoms with van der Waals surface area (Å²) in [6.45, 7) is 0. The zero-order chi connectivity index (χ0) is 13.3. The van der Waals surface area contributed by atoms with E-state index in [0.29, 0.717) is 22.0 Å². The highest BCUT2D eigenvalue weighted by Gasteiger charge is 2.17. The number of benzene rings is 1. The van der Waals surface area contributed by atoms with Gasteiger partial charge >= 0.3 is 5.97 Å². The fraction of sp³-hybridized carbons (Fsp3) is 0.167. The Balaban J connectivity index is 2.58. The van der Waals surface area contributed by atoms with E-state index in [2.05, 4.69) is 5.10 Å². The van der Waals surface area contributed by atoms with E-state index in [9.17, 15) is 4.79 Å². The molecule has 1 aromatic heterocycles. The number of hydrogen-bond donors (Lipinski definition) is 1. The molecule has 18 heavy (non-hydrogen) atoms. The Morgan fingerprint density at radius 1 is 1.50 bits per heavy atom.